The second kappa shape index (κ2) is 9.76. The molecule has 0 aliphatic rings. The summed E-state index contributed by atoms with van der Waals surface area (Å²) in [5.74, 6) is 0. The molecule has 0 fully saturated rings. The fourth-order valence-electron chi connectivity index (χ4n) is 2.40. The van der Waals surface area contributed by atoms with Gasteiger partial charge in [0, 0.05) is 0 Å². The lowest BCUT2D eigenvalue weighted by atomic mass is 10.1. The molecule has 0 atom stereocenters. The molecule has 2 nitrogen and oxygen atoms in total. The summed E-state index contributed by atoms with van der Waals surface area (Å²) >= 11 is 0. The van der Waals surface area contributed by atoms with Gasteiger partial charge in [-0.1, -0.05) is 69.8 Å². The van der Waals surface area contributed by atoms with Crippen molar-refractivity contribution in [3.05, 3.63) is 69.8 Å². The van der Waals surface area contributed by atoms with E-state index in [1.807, 2.05) is 0 Å². The average molecular weight is 284 g/mol. The second-order valence-corrected chi connectivity index (χ2v) is 5.50. The molecule has 0 amide bonds. The molecule has 0 saturated carbocycles. The van der Waals surface area contributed by atoms with Gasteiger partial charge in [0.1, 0.15) is 0 Å². The minimum absolute atomic E-state index is 0.750. The summed E-state index contributed by atoms with van der Waals surface area (Å²) in [7, 11) is 0. The van der Waals surface area contributed by atoms with Gasteiger partial charge in [0.15, 0.2) is 0 Å². The first-order valence-corrected chi connectivity index (χ1v) is 7.09. The van der Waals surface area contributed by atoms with Crippen molar-refractivity contribution in [3.63, 3.8) is 0 Å². The van der Waals surface area contributed by atoms with E-state index in [-0.39, 0.29) is 0 Å². The predicted octanol–water partition coefficient (Wildman–Crippen LogP) is 4.78. The number of benzene rings is 2. The molecule has 0 aromatic heterocycles. The van der Waals surface area contributed by atoms with E-state index < -0.39 is 0 Å². The summed E-state index contributed by atoms with van der Waals surface area (Å²) in [5, 5.41) is 5.86. The Hall–Kier alpha value is -2.09. The first-order chi connectivity index (χ1) is 9.78. The highest BCUT2D eigenvalue weighted by molar-refractivity contribution is 5.46. The van der Waals surface area contributed by atoms with Crippen LogP contribution >= 0.6 is 0 Å². The molecule has 2 aromatic rings. The van der Waals surface area contributed by atoms with Crippen molar-refractivity contribution in [1.82, 2.24) is 0 Å². The van der Waals surface area contributed by atoms with E-state index in [0.717, 1.165) is 6.34 Å². The Morgan fingerprint density at radius 2 is 0.667 bits per heavy atom. The lowest BCUT2D eigenvalue weighted by Crippen LogP contribution is -1.81. The Bertz CT molecular complexity index is 421. The summed E-state index contributed by atoms with van der Waals surface area (Å²) in [4.78, 5) is 0. The van der Waals surface area contributed by atoms with E-state index in [1.54, 1.807) is 0 Å². The van der Waals surface area contributed by atoms with Crippen LogP contribution in [0.1, 0.15) is 33.4 Å². The van der Waals surface area contributed by atoms with Crippen LogP contribution in [0.25, 0.3) is 0 Å². The minimum atomic E-state index is 0.750. The largest absolute Gasteiger partial charge is 0.390 e. The lowest BCUT2D eigenvalue weighted by Gasteiger charge is -1.96. The summed E-state index contributed by atoms with van der Waals surface area (Å²) in [6.07, 6.45) is 0.750. The van der Waals surface area contributed by atoms with E-state index in [1.165, 1.54) is 33.4 Å². The van der Waals surface area contributed by atoms with E-state index in [4.69, 9.17) is 5.41 Å². The Morgan fingerprint density at radius 3 is 0.762 bits per heavy atom. The number of hydrogen-bond donors (Lipinski definition) is 2. The highest BCUT2D eigenvalue weighted by Gasteiger charge is 1.88. The van der Waals surface area contributed by atoms with E-state index in [2.05, 4.69) is 83.7 Å². The summed E-state index contributed by atoms with van der Waals surface area (Å²) in [6, 6.07) is 13.1. The number of rotatable bonds is 0. The number of hydrogen-bond acceptors (Lipinski definition) is 1. The molecule has 3 N–H and O–H groups in total. The van der Waals surface area contributed by atoms with Crippen LogP contribution in [0, 0.1) is 47.0 Å². The molecule has 0 saturated heterocycles. The van der Waals surface area contributed by atoms with E-state index in [9.17, 15) is 0 Å². The SMILES string of the molecule is Cc1cc(C)cc(C)c1.Cc1cc(C)cc(C)c1.N=CN. The molecule has 2 rings (SSSR count). The van der Waals surface area contributed by atoms with Crippen LogP contribution in [0.15, 0.2) is 36.4 Å². The lowest BCUT2D eigenvalue weighted by molar-refractivity contribution is 1.32. The number of aryl methyl sites for hydroxylation is 6. The molecule has 0 radical (unpaired) electrons. The molecule has 0 spiro atoms. The van der Waals surface area contributed by atoms with Crippen LogP contribution in [0.5, 0.6) is 0 Å². The topological polar surface area (TPSA) is 49.9 Å². The second-order valence-electron chi connectivity index (χ2n) is 5.50. The van der Waals surface area contributed by atoms with Crippen molar-refractivity contribution in [2.45, 2.75) is 41.5 Å². The van der Waals surface area contributed by atoms with Crippen molar-refractivity contribution in [2.24, 2.45) is 5.73 Å². The monoisotopic (exact) mass is 284 g/mol. The van der Waals surface area contributed by atoms with Gasteiger partial charge in [0.25, 0.3) is 0 Å². The molecule has 0 heterocycles. The van der Waals surface area contributed by atoms with Crippen LogP contribution in [0.3, 0.4) is 0 Å². The van der Waals surface area contributed by atoms with Gasteiger partial charge in [0.05, 0.1) is 6.34 Å². The summed E-state index contributed by atoms with van der Waals surface area (Å²) < 4.78 is 0. The third kappa shape index (κ3) is 9.44. The van der Waals surface area contributed by atoms with Crippen LogP contribution in [-0.4, -0.2) is 6.34 Å². The molecule has 0 bridgehead atoms. The van der Waals surface area contributed by atoms with Crippen molar-refractivity contribution < 1.29 is 0 Å². The van der Waals surface area contributed by atoms with Crippen molar-refractivity contribution >= 4 is 6.34 Å². The van der Waals surface area contributed by atoms with Gasteiger partial charge in [-0.3, -0.25) is 5.41 Å². The highest BCUT2D eigenvalue weighted by Crippen LogP contribution is 2.07. The third-order valence-electron chi connectivity index (χ3n) is 2.73. The van der Waals surface area contributed by atoms with E-state index >= 15 is 0 Å². The summed E-state index contributed by atoms with van der Waals surface area (Å²) in [5.41, 5.74) is 12.5. The molecule has 0 aliphatic heterocycles. The van der Waals surface area contributed by atoms with Gasteiger partial charge < -0.3 is 5.73 Å². The standard InChI is InChI=1S/2C9H12.CH4N2/c2*1-7-4-8(2)6-9(3)5-7;2-1-3/h2*4-6H,1-3H3;1H,(H3,2,3). The van der Waals surface area contributed by atoms with Crippen LogP contribution in [-0.2, 0) is 0 Å². The van der Waals surface area contributed by atoms with Gasteiger partial charge >= 0.3 is 0 Å². The Morgan fingerprint density at radius 1 is 0.571 bits per heavy atom. The maximum atomic E-state index is 5.86. The smallest absolute Gasteiger partial charge is 0.0765 e. The molecule has 0 unspecified atom stereocenters. The number of nitrogens with two attached hydrogens (primary N) is 1. The normalized spacial score (nSPS) is 8.86. The number of nitrogens with one attached hydrogen (secondary N) is 1. The van der Waals surface area contributed by atoms with Gasteiger partial charge in [-0.2, -0.15) is 0 Å². The maximum absolute atomic E-state index is 5.86. The molecule has 114 valence electrons. The van der Waals surface area contributed by atoms with Crippen molar-refractivity contribution in [1.29, 1.82) is 5.41 Å². The quantitative estimate of drug-likeness (QED) is 0.531. The predicted molar refractivity (Wildman–Crippen MR) is 94.3 cm³/mol. The van der Waals surface area contributed by atoms with Crippen molar-refractivity contribution in [2.75, 3.05) is 0 Å². The molecule has 2 heteroatoms. The highest BCUT2D eigenvalue weighted by atomic mass is 14.6. The van der Waals surface area contributed by atoms with Crippen LogP contribution in [0.4, 0.5) is 0 Å². The minimum Gasteiger partial charge on any atom is -0.390 e. The fourth-order valence-corrected chi connectivity index (χ4v) is 2.40. The van der Waals surface area contributed by atoms with Crippen LogP contribution < -0.4 is 5.73 Å². The first kappa shape index (κ1) is 18.9. The average Bonchev–Trinajstić information content (AvgIpc) is 2.26. The van der Waals surface area contributed by atoms with Crippen LogP contribution in [0.2, 0.25) is 0 Å². The summed E-state index contributed by atoms with van der Waals surface area (Å²) in [6.45, 7) is 12.8. The molecular formula is C19H28N2. The Labute approximate surface area is 129 Å². The van der Waals surface area contributed by atoms with E-state index in [0.29, 0.717) is 0 Å². The van der Waals surface area contributed by atoms with Crippen molar-refractivity contribution in [3.8, 4) is 0 Å². The molecule has 21 heavy (non-hydrogen) atoms. The first-order valence-electron chi connectivity index (χ1n) is 7.09. The fraction of sp³-hybridized carbons (Fsp3) is 0.316. The Balaban J connectivity index is 0.000000322. The van der Waals surface area contributed by atoms with Gasteiger partial charge in [-0.25, -0.2) is 0 Å². The third-order valence-corrected chi connectivity index (χ3v) is 2.73. The molecular weight excluding hydrogens is 256 g/mol. The molecule has 2 aromatic carbocycles. The Kier molecular flexibility index (Phi) is 8.79. The molecule has 0 aliphatic carbocycles. The van der Waals surface area contributed by atoms with Gasteiger partial charge in [0.2, 0.25) is 0 Å². The zero-order valence-electron chi connectivity index (χ0n) is 14.1. The van der Waals surface area contributed by atoms with Gasteiger partial charge in [-0.05, 0) is 41.5 Å². The zero-order valence-corrected chi connectivity index (χ0v) is 14.1. The van der Waals surface area contributed by atoms with Gasteiger partial charge in [-0.15, -0.1) is 0 Å². The maximum Gasteiger partial charge on any atom is 0.0765 e. The zero-order chi connectivity index (χ0) is 16.4.